The summed E-state index contributed by atoms with van der Waals surface area (Å²) in [5, 5.41) is 0. The van der Waals surface area contributed by atoms with E-state index in [4.69, 9.17) is 5.73 Å². The highest BCUT2D eigenvalue weighted by Gasteiger charge is 2.31. The predicted octanol–water partition coefficient (Wildman–Crippen LogP) is 2.98. The van der Waals surface area contributed by atoms with E-state index < -0.39 is 6.04 Å². The smallest absolute Gasteiger partial charge is 0.239 e. The van der Waals surface area contributed by atoms with Gasteiger partial charge in [0.1, 0.15) is 0 Å². The van der Waals surface area contributed by atoms with Crippen LogP contribution in [0, 0.1) is 0 Å². The van der Waals surface area contributed by atoms with Crippen molar-refractivity contribution >= 4 is 11.8 Å². The molecule has 0 aliphatic carbocycles. The Kier molecular flexibility index (Phi) is 8.79. The molecular formula is C22H35N3O2. The van der Waals surface area contributed by atoms with Gasteiger partial charge in [0.15, 0.2) is 0 Å². The molecule has 1 fully saturated rings. The monoisotopic (exact) mass is 373 g/mol. The molecule has 2 rings (SSSR count). The van der Waals surface area contributed by atoms with Gasteiger partial charge >= 0.3 is 0 Å². The van der Waals surface area contributed by atoms with Gasteiger partial charge in [-0.25, -0.2) is 0 Å². The van der Waals surface area contributed by atoms with Crippen LogP contribution < -0.4 is 5.73 Å². The molecule has 1 heterocycles. The highest BCUT2D eigenvalue weighted by Crippen LogP contribution is 2.15. The van der Waals surface area contributed by atoms with Gasteiger partial charge in [-0.15, -0.1) is 0 Å². The van der Waals surface area contributed by atoms with Crippen molar-refractivity contribution in [2.45, 2.75) is 70.9 Å². The average molecular weight is 374 g/mol. The van der Waals surface area contributed by atoms with Gasteiger partial charge in [-0.2, -0.15) is 0 Å². The highest BCUT2D eigenvalue weighted by atomic mass is 16.2. The molecule has 0 saturated carbocycles. The van der Waals surface area contributed by atoms with Crippen molar-refractivity contribution in [2.24, 2.45) is 5.73 Å². The summed E-state index contributed by atoms with van der Waals surface area (Å²) in [6.45, 7) is 5.98. The lowest BCUT2D eigenvalue weighted by molar-refractivity contribution is -0.143. The van der Waals surface area contributed by atoms with Gasteiger partial charge in [0.05, 0.1) is 6.04 Å². The molecule has 1 saturated heterocycles. The Morgan fingerprint density at radius 3 is 2.48 bits per heavy atom. The minimum atomic E-state index is -0.527. The molecule has 1 aromatic carbocycles. The van der Waals surface area contributed by atoms with Gasteiger partial charge in [-0.1, -0.05) is 62.9 Å². The Bertz CT molecular complexity index is 590. The van der Waals surface area contributed by atoms with Crippen molar-refractivity contribution in [1.82, 2.24) is 9.80 Å². The summed E-state index contributed by atoms with van der Waals surface area (Å²) in [7, 11) is 0. The van der Waals surface area contributed by atoms with E-state index in [0.717, 1.165) is 18.4 Å². The van der Waals surface area contributed by atoms with Crippen LogP contribution in [0.2, 0.25) is 0 Å². The number of carbonyl (C=O) groups excluding carboxylic acids is 2. The zero-order chi connectivity index (χ0) is 19.6. The molecule has 150 valence electrons. The molecule has 5 heteroatoms. The number of piperazine rings is 1. The Balaban J connectivity index is 1.77. The number of rotatable bonds is 9. The minimum Gasteiger partial charge on any atom is -0.338 e. The number of unbranched alkanes of at least 4 members (excludes halogenated alkanes) is 4. The van der Waals surface area contributed by atoms with Gasteiger partial charge < -0.3 is 15.5 Å². The molecule has 0 aromatic heterocycles. The molecule has 5 nitrogen and oxygen atoms in total. The van der Waals surface area contributed by atoms with Crippen molar-refractivity contribution in [2.75, 3.05) is 19.6 Å². The predicted molar refractivity (Wildman–Crippen MR) is 109 cm³/mol. The third kappa shape index (κ3) is 6.65. The van der Waals surface area contributed by atoms with E-state index in [1.165, 1.54) is 19.3 Å². The number of amides is 2. The van der Waals surface area contributed by atoms with Gasteiger partial charge in [-0.05, 0) is 25.3 Å². The molecule has 27 heavy (non-hydrogen) atoms. The molecule has 0 unspecified atom stereocenters. The van der Waals surface area contributed by atoms with Crippen LogP contribution in [-0.4, -0.2) is 53.3 Å². The summed E-state index contributed by atoms with van der Waals surface area (Å²) in [5.41, 5.74) is 7.23. The third-order valence-electron chi connectivity index (χ3n) is 5.37. The van der Waals surface area contributed by atoms with Crippen molar-refractivity contribution in [3.05, 3.63) is 35.9 Å². The SMILES string of the molecule is CCCCCCCC(=O)N1CCN(C(=O)[C@@H](N)Cc2ccccc2)C[C@@H]1C. The number of benzene rings is 1. The van der Waals surface area contributed by atoms with Crippen LogP contribution in [0.1, 0.15) is 57.9 Å². The number of hydrogen-bond donors (Lipinski definition) is 1. The lowest BCUT2D eigenvalue weighted by atomic mass is 10.0. The first-order valence-corrected chi connectivity index (χ1v) is 10.4. The Hall–Kier alpha value is -1.88. The Morgan fingerprint density at radius 1 is 1.11 bits per heavy atom. The summed E-state index contributed by atoms with van der Waals surface area (Å²) >= 11 is 0. The lowest BCUT2D eigenvalue weighted by Gasteiger charge is -2.40. The normalized spacial score (nSPS) is 18.4. The van der Waals surface area contributed by atoms with Crippen LogP contribution in [0.25, 0.3) is 0 Å². The quantitative estimate of drug-likeness (QED) is 0.677. The largest absolute Gasteiger partial charge is 0.338 e. The van der Waals surface area contributed by atoms with Crippen molar-refractivity contribution in [3.8, 4) is 0 Å². The van der Waals surface area contributed by atoms with E-state index >= 15 is 0 Å². The summed E-state index contributed by atoms with van der Waals surface area (Å²) in [4.78, 5) is 28.9. The van der Waals surface area contributed by atoms with E-state index in [0.29, 0.717) is 32.5 Å². The molecule has 2 N–H and O–H groups in total. The summed E-state index contributed by atoms with van der Waals surface area (Å²) < 4.78 is 0. The molecular weight excluding hydrogens is 338 g/mol. The summed E-state index contributed by atoms with van der Waals surface area (Å²) in [6.07, 6.45) is 6.93. The van der Waals surface area contributed by atoms with Gasteiger partial charge in [0.2, 0.25) is 11.8 Å². The number of carbonyl (C=O) groups is 2. The standard InChI is InChI=1S/C22H35N3O2/c1-3-4-5-6-10-13-21(26)25-15-14-24(17-18(25)2)22(27)20(23)16-19-11-8-7-9-12-19/h7-9,11-12,18,20H,3-6,10,13-17,23H2,1-2H3/t18-,20-/m0/s1. The highest BCUT2D eigenvalue weighted by molar-refractivity contribution is 5.83. The van der Waals surface area contributed by atoms with Crippen molar-refractivity contribution in [1.29, 1.82) is 0 Å². The Morgan fingerprint density at radius 2 is 1.81 bits per heavy atom. The third-order valence-corrected chi connectivity index (χ3v) is 5.37. The zero-order valence-electron chi connectivity index (χ0n) is 16.9. The van der Waals surface area contributed by atoms with Crippen molar-refractivity contribution in [3.63, 3.8) is 0 Å². The molecule has 0 bridgehead atoms. The number of hydrogen-bond acceptors (Lipinski definition) is 3. The maximum atomic E-state index is 12.7. The topological polar surface area (TPSA) is 66.6 Å². The van der Waals surface area contributed by atoms with Crippen LogP contribution in [0.5, 0.6) is 0 Å². The maximum Gasteiger partial charge on any atom is 0.239 e. The van der Waals surface area contributed by atoms with Crippen LogP contribution in [-0.2, 0) is 16.0 Å². The number of nitrogens with two attached hydrogens (primary N) is 1. The average Bonchev–Trinajstić information content (AvgIpc) is 2.67. The van der Waals surface area contributed by atoms with E-state index in [1.807, 2.05) is 47.1 Å². The molecule has 2 atom stereocenters. The second kappa shape index (κ2) is 11.1. The molecule has 1 aliphatic rings. The van der Waals surface area contributed by atoms with E-state index in [1.54, 1.807) is 0 Å². The van der Waals surface area contributed by atoms with Gasteiger partial charge in [0, 0.05) is 32.1 Å². The Labute approximate surface area is 163 Å². The molecule has 1 aliphatic heterocycles. The van der Waals surface area contributed by atoms with Crippen LogP contribution in [0.3, 0.4) is 0 Å². The first kappa shape index (κ1) is 21.4. The van der Waals surface area contributed by atoms with Crippen LogP contribution in [0.4, 0.5) is 0 Å². The maximum absolute atomic E-state index is 12.7. The van der Waals surface area contributed by atoms with Crippen molar-refractivity contribution < 1.29 is 9.59 Å². The van der Waals surface area contributed by atoms with Crippen LogP contribution >= 0.6 is 0 Å². The summed E-state index contributed by atoms with van der Waals surface area (Å²) in [6, 6.07) is 9.39. The van der Waals surface area contributed by atoms with E-state index in [9.17, 15) is 9.59 Å². The molecule has 0 spiro atoms. The van der Waals surface area contributed by atoms with Crippen LogP contribution in [0.15, 0.2) is 30.3 Å². The fourth-order valence-electron chi connectivity index (χ4n) is 3.74. The minimum absolute atomic E-state index is 0.0163. The molecule has 1 aromatic rings. The fourth-order valence-corrected chi connectivity index (χ4v) is 3.74. The fraction of sp³-hybridized carbons (Fsp3) is 0.636. The lowest BCUT2D eigenvalue weighted by Crippen LogP contribution is -2.58. The second-order valence-electron chi connectivity index (χ2n) is 7.68. The van der Waals surface area contributed by atoms with Gasteiger partial charge in [0.25, 0.3) is 0 Å². The first-order valence-electron chi connectivity index (χ1n) is 10.4. The first-order chi connectivity index (χ1) is 13.0. The zero-order valence-corrected chi connectivity index (χ0v) is 16.9. The summed E-state index contributed by atoms with van der Waals surface area (Å²) in [5.74, 6) is 0.206. The molecule has 0 radical (unpaired) electrons. The van der Waals surface area contributed by atoms with E-state index in [-0.39, 0.29) is 17.9 Å². The second-order valence-corrected chi connectivity index (χ2v) is 7.68. The molecule has 2 amide bonds. The van der Waals surface area contributed by atoms with Gasteiger partial charge in [-0.3, -0.25) is 9.59 Å². The van der Waals surface area contributed by atoms with E-state index in [2.05, 4.69) is 6.92 Å². The number of nitrogens with zero attached hydrogens (tertiary/aromatic N) is 2.